The first-order chi connectivity index (χ1) is 50.0. The van der Waals surface area contributed by atoms with Gasteiger partial charge in [-0.05, 0) is 280 Å². The first-order valence-electron chi connectivity index (χ1n) is 42.0. The molecule has 2 saturated carbocycles. The molecule has 0 N–H and O–H groups in total. The lowest BCUT2D eigenvalue weighted by Crippen LogP contribution is -2.92. The van der Waals surface area contributed by atoms with E-state index < -0.39 is 48.6 Å². The quantitative estimate of drug-likeness (QED) is 0.125. The van der Waals surface area contributed by atoms with Crippen molar-refractivity contribution >= 4 is 69.8 Å². The molecule has 4 aliphatic carbocycles. The van der Waals surface area contributed by atoms with Gasteiger partial charge in [-0.25, -0.2) is 0 Å². The van der Waals surface area contributed by atoms with E-state index in [4.69, 9.17) is 18.9 Å². The minimum absolute atomic E-state index is 0.151. The lowest BCUT2D eigenvalue weighted by molar-refractivity contribution is 0.198. The zero-order chi connectivity index (χ0) is 76.3. The highest BCUT2D eigenvalue weighted by molar-refractivity contribution is 7.88. The number of anilines is 2. The van der Waals surface area contributed by atoms with Gasteiger partial charge in [0.25, 0.3) is 0 Å². The average Bonchev–Trinajstić information content (AvgIpc) is 1.36. The van der Waals surface area contributed by atoms with E-state index in [9.17, 15) is 8.23 Å². The minimum Gasteiger partial charge on any atom is -0.381 e. The first-order valence-corrected chi connectivity index (χ1v) is 54.7. The van der Waals surface area contributed by atoms with Gasteiger partial charge in [0.1, 0.15) is 0 Å². The van der Waals surface area contributed by atoms with Crippen LogP contribution in [-0.2, 0) is 27.2 Å². The number of benzene rings is 4. The van der Waals surface area contributed by atoms with E-state index in [1.165, 1.54) is 144 Å². The van der Waals surface area contributed by atoms with Crippen LogP contribution in [0.25, 0.3) is 0 Å². The van der Waals surface area contributed by atoms with Crippen LogP contribution < -0.4 is 9.13 Å². The molecule has 0 amide bonds. The maximum Gasteiger partial charge on any atom is 0.488 e. The van der Waals surface area contributed by atoms with Gasteiger partial charge >= 0.3 is 17.4 Å². The molecule has 4 bridgehead atoms. The van der Waals surface area contributed by atoms with Crippen molar-refractivity contribution in [3.05, 3.63) is 152 Å². The molecule has 18 heteroatoms. The Morgan fingerprint density at radius 1 is 0.340 bits per heavy atom. The molecule has 7 saturated heterocycles. The third-order valence-corrected chi connectivity index (χ3v) is 61.8. The Hall–Kier alpha value is -2.97. The summed E-state index contributed by atoms with van der Waals surface area (Å²) >= 11 is 0. The van der Waals surface area contributed by atoms with Crippen molar-refractivity contribution in [3.63, 3.8) is 0 Å². The van der Waals surface area contributed by atoms with E-state index in [-0.39, 0.29) is 45.8 Å². The molecule has 12 nitrogen and oxygen atoms in total. The summed E-state index contributed by atoms with van der Waals surface area (Å²) in [6.45, 7) is 69.4. The highest BCUT2D eigenvalue weighted by Crippen LogP contribution is 2.88. The molecule has 0 radical (unpaired) electrons. The van der Waals surface area contributed by atoms with E-state index in [0.717, 1.165) is 52.9 Å². The molecule has 17 rings (SSSR count). The molecule has 0 unspecified atom stereocenters. The van der Waals surface area contributed by atoms with Crippen LogP contribution >= 0.6 is 14.4 Å². The summed E-state index contributed by atoms with van der Waals surface area (Å²) in [5, 5.41) is 3.55. The van der Waals surface area contributed by atoms with Gasteiger partial charge < -0.3 is 36.3 Å². The SMILES string of the molecule is C1CCOC1.C1CCOC1.C1CCOC1.C1CCOC1.CC(C)c1cccc(C(C)C)c1N1C2=C([C@@H]3CC[C@H]2C3)P2(=C(c3ccccc3)[Si]13O[Si]1(O3)C(c3ccccc3)=P3(C4=C([C@H]5CC[C@@H]4C5)N1c1c(C(C)C)cccc1C(C)C)N(C(C)(C)C)[Si](C)(C)N3C(C)(C)C)N(C(C)(C)C)[Si](C)(C)N2C(C)(C)C. The maximum absolute atomic E-state index is 10.0. The zero-order valence-electron chi connectivity index (χ0n) is 70.4. The van der Waals surface area contributed by atoms with Crippen molar-refractivity contribution < 1.29 is 27.2 Å². The Kier molecular flexibility index (Phi) is 23.3. The summed E-state index contributed by atoms with van der Waals surface area (Å²) in [7, 11) is -18.5. The first kappa shape index (κ1) is 81.1. The molecule has 13 aliphatic rings. The normalized spacial score (nSPS) is 26.7. The summed E-state index contributed by atoms with van der Waals surface area (Å²) < 4.78 is 59.0. The molecule has 4 spiro atoms. The highest BCUT2D eigenvalue weighted by Gasteiger charge is 2.86. The van der Waals surface area contributed by atoms with Crippen molar-refractivity contribution in [1.82, 2.24) is 17.3 Å². The molecule has 0 aromatic heterocycles. The molecular weight excluding hydrogens is 1410 g/mol. The topological polar surface area (TPSA) is 74.8 Å². The monoisotopic (exact) mass is 1550 g/mol. The molecule has 4 aromatic rings. The smallest absolute Gasteiger partial charge is 0.381 e. The van der Waals surface area contributed by atoms with E-state index in [0.29, 0.717) is 23.7 Å². The number of fused-ring (bicyclic) bond motifs is 10. The molecule has 9 heterocycles. The van der Waals surface area contributed by atoms with Crippen molar-refractivity contribution in [2.45, 2.75) is 300 Å². The lowest BCUT2D eigenvalue weighted by Gasteiger charge is -2.79. The number of rotatable bonds is 8. The van der Waals surface area contributed by atoms with Crippen LogP contribution in [0.5, 0.6) is 0 Å². The van der Waals surface area contributed by atoms with E-state index >= 15 is 0 Å². The van der Waals surface area contributed by atoms with Crippen LogP contribution in [0.15, 0.2) is 119 Å². The summed E-state index contributed by atoms with van der Waals surface area (Å²) in [5.41, 5.74) is 13.7. The van der Waals surface area contributed by atoms with Gasteiger partial charge in [0.05, 0.1) is 0 Å². The number of allylic oxidation sites excluding steroid dienone is 4. The van der Waals surface area contributed by atoms with E-state index in [2.05, 4.69) is 288 Å². The summed E-state index contributed by atoms with van der Waals surface area (Å²) in [5.74, 6) is 2.86. The maximum atomic E-state index is 10.0. The Morgan fingerprint density at radius 2 is 0.585 bits per heavy atom. The predicted octanol–water partition coefficient (Wildman–Crippen LogP) is 23.0. The fraction of sp³-hybridized carbons (Fsp3) is 0.659. The van der Waals surface area contributed by atoms with Crippen molar-refractivity contribution in [1.29, 1.82) is 0 Å². The average molecular weight is 1550 g/mol. The van der Waals surface area contributed by atoms with Gasteiger partial charge in [-0.3, -0.25) is 17.3 Å². The van der Waals surface area contributed by atoms with E-state index in [1.807, 2.05) is 0 Å². The van der Waals surface area contributed by atoms with Crippen molar-refractivity contribution in [2.75, 3.05) is 62.0 Å². The second-order valence-electron chi connectivity index (χ2n) is 39.0. The van der Waals surface area contributed by atoms with Crippen LogP contribution in [-0.4, -0.2) is 136 Å². The van der Waals surface area contributed by atoms with E-state index in [1.54, 1.807) is 22.0 Å². The van der Waals surface area contributed by atoms with Crippen LogP contribution in [0, 0.1) is 23.7 Å². The molecule has 9 aliphatic heterocycles. The second kappa shape index (κ2) is 30.4. The van der Waals surface area contributed by atoms with Crippen LogP contribution in [0.1, 0.15) is 285 Å². The summed E-state index contributed by atoms with van der Waals surface area (Å²) in [4.78, 5) is 3.05. The van der Waals surface area contributed by atoms with Gasteiger partial charge in [-0.2, -0.15) is 0 Å². The van der Waals surface area contributed by atoms with Crippen molar-refractivity contribution in [2.24, 2.45) is 23.7 Å². The third kappa shape index (κ3) is 13.4. The molecule has 584 valence electrons. The number of nitrogens with zero attached hydrogens (tertiary/aromatic N) is 6. The summed E-state index contributed by atoms with van der Waals surface area (Å²) in [6.07, 6.45) is 17.6. The van der Waals surface area contributed by atoms with Crippen LogP contribution in [0.4, 0.5) is 11.4 Å². The Bertz CT molecular complexity index is 3600. The minimum atomic E-state index is -4.09. The Balaban J connectivity index is 0.000000430. The second-order valence-corrected chi connectivity index (χ2v) is 60.8. The number of hydrogen-bond donors (Lipinski definition) is 0. The largest absolute Gasteiger partial charge is 0.488 e. The number of hydrogen-bond acceptors (Lipinski definition) is 12. The predicted molar refractivity (Wildman–Crippen MR) is 460 cm³/mol. The van der Waals surface area contributed by atoms with Gasteiger partial charge in [-0.15, -0.1) is 0 Å². The van der Waals surface area contributed by atoms with Gasteiger partial charge in [0.15, 0.2) is 0 Å². The molecule has 9 fully saturated rings. The fourth-order valence-corrected chi connectivity index (χ4v) is 72.7. The molecule has 4 aromatic carbocycles. The number of para-hydroxylation sites is 2. The van der Waals surface area contributed by atoms with Gasteiger partial charge in [-0.1, -0.05) is 152 Å². The highest BCUT2D eigenvalue weighted by atomic mass is 31.2. The molecular formula is C88H140N6O6P2Si4. The fourth-order valence-electron chi connectivity index (χ4n) is 22.7. The molecule has 106 heavy (non-hydrogen) atoms. The van der Waals surface area contributed by atoms with Crippen molar-refractivity contribution in [3.8, 4) is 0 Å². The standard InChI is InChI=1S/C72H108N6O2P2Si4.4C4H8O/c1-47(2)57-37-31-38-58(48(3)4)63(57)73-61-53-41-43-55(45-53)65(61)81(75(69(9,10)11)83(21,22)76(81)70(12,13)14)67(51-33-27-25-28-34-51)85(73)79-86(80-85)68(52-35-29-26-30-36-52)82(77(71(15,16)17)84(23,24)78(82)72(18,19)20)66-56-44-42-54(46-56)62(66)74(86)64-59(49(5)6)39-32-40-60(64)50(7)8;4*1-2-4-5-3-1/h25-40,47-50,53-56H,41-46H2,1-24H3;4*1-4H2/t53-,54-,55+,56+,85?,86?;;;;/m0..../s1. The molecule has 4 atom stereocenters. The van der Waals surface area contributed by atoms with Crippen LogP contribution in [0.3, 0.4) is 0 Å². The zero-order valence-corrected chi connectivity index (χ0v) is 76.2. The Labute approximate surface area is 648 Å². The van der Waals surface area contributed by atoms with Gasteiger partial charge in [0.2, 0.25) is 16.8 Å². The summed E-state index contributed by atoms with van der Waals surface area (Å²) in [6, 6.07) is 38.8. The van der Waals surface area contributed by atoms with Gasteiger partial charge in [0, 0.05) is 133 Å². The van der Waals surface area contributed by atoms with Crippen LogP contribution in [0.2, 0.25) is 26.2 Å². The third-order valence-electron chi connectivity index (χ3n) is 24.8. The number of ether oxygens (including phenoxy) is 4. The lowest BCUT2D eigenvalue weighted by atomic mass is 9.91. The Morgan fingerprint density at radius 3 is 0.802 bits per heavy atom.